The zero-order valence-corrected chi connectivity index (χ0v) is 30.5. The number of likely N-dealkylation sites (tertiary alicyclic amines) is 1. The summed E-state index contributed by atoms with van der Waals surface area (Å²) in [7, 11) is 0. The van der Waals surface area contributed by atoms with E-state index in [-0.39, 0.29) is 71.1 Å². The lowest BCUT2D eigenvalue weighted by molar-refractivity contribution is -0.134. The predicted molar refractivity (Wildman–Crippen MR) is 197 cm³/mol. The molecule has 272 valence electrons. The van der Waals surface area contributed by atoms with Gasteiger partial charge in [0.05, 0.1) is 46.4 Å². The van der Waals surface area contributed by atoms with Gasteiger partial charge >= 0.3 is 0 Å². The second-order valence-electron chi connectivity index (χ2n) is 14.9. The molecule has 10 rings (SSSR count). The number of fused-ring (bicyclic) bond motifs is 4. The first kappa shape index (κ1) is 34.6. The van der Waals surface area contributed by atoms with E-state index in [9.17, 15) is 18.8 Å². The third kappa shape index (κ3) is 5.70. The molecular weight excluding hydrogens is 722 g/mol. The number of carbonyl (C=O) groups excluding carboxylic acids is 1. The van der Waals surface area contributed by atoms with E-state index in [0.717, 1.165) is 42.4 Å². The molecule has 7 nitrogen and oxygen atoms in total. The van der Waals surface area contributed by atoms with Gasteiger partial charge in [0.1, 0.15) is 17.2 Å². The fraction of sp³-hybridized carbons (Fsp3) is 0.390. The van der Waals surface area contributed by atoms with Crippen molar-refractivity contribution < 1.29 is 22.7 Å². The van der Waals surface area contributed by atoms with E-state index in [4.69, 9.17) is 32.9 Å². The monoisotopic (exact) mass is 757 g/mol. The van der Waals surface area contributed by atoms with Crippen LogP contribution < -0.4 is 5.32 Å². The third-order valence-corrected chi connectivity index (χ3v) is 12.6. The molecule has 5 fully saturated rings. The van der Waals surface area contributed by atoms with Crippen LogP contribution in [-0.4, -0.2) is 45.6 Å². The summed E-state index contributed by atoms with van der Waals surface area (Å²) in [6.07, 6.45) is 3.09. The smallest absolute Gasteiger partial charge is 0.226 e. The second kappa shape index (κ2) is 13.3. The largest absolute Gasteiger partial charge is 0.371 e. The molecule has 3 aliphatic heterocycles. The molecule has 3 saturated heterocycles. The quantitative estimate of drug-likeness (QED) is 0.162. The number of pyridine rings is 1. The summed E-state index contributed by atoms with van der Waals surface area (Å²) in [4.78, 5) is 20.7. The van der Waals surface area contributed by atoms with Gasteiger partial charge in [0.2, 0.25) is 5.91 Å². The molecule has 3 aromatic carbocycles. The van der Waals surface area contributed by atoms with E-state index in [1.807, 2.05) is 17.9 Å². The Morgan fingerprint density at radius 1 is 1.08 bits per heavy atom. The van der Waals surface area contributed by atoms with Crippen LogP contribution in [0.25, 0.3) is 32.9 Å². The van der Waals surface area contributed by atoms with E-state index < -0.39 is 23.6 Å². The molecule has 2 aromatic heterocycles. The van der Waals surface area contributed by atoms with E-state index in [1.54, 1.807) is 18.2 Å². The molecule has 0 radical (unpaired) electrons. The van der Waals surface area contributed by atoms with Gasteiger partial charge in [-0.25, -0.2) is 18.2 Å². The van der Waals surface area contributed by atoms with E-state index in [0.29, 0.717) is 46.1 Å². The first-order chi connectivity index (χ1) is 25.6. The lowest BCUT2D eigenvalue weighted by Crippen LogP contribution is -2.41. The minimum Gasteiger partial charge on any atom is -0.371 e. The number of aryl methyl sites for hydroxylation is 2. The predicted octanol–water partition coefficient (Wildman–Crippen LogP) is 9.15. The van der Waals surface area contributed by atoms with Crippen LogP contribution in [0, 0.1) is 47.5 Å². The molecule has 2 bridgehead atoms. The normalized spacial score (nSPS) is 23.6. The fourth-order valence-electron chi connectivity index (χ4n) is 8.98. The zero-order chi connectivity index (χ0) is 36.7. The van der Waals surface area contributed by atoms with Crippen LogP contribution in [0.1, 0.15) is 66.7 Å². The van der Waals surface area contributed by atoms with Gasteiger partial charge in [0, 0.05) is 76.7 Å². The number of carbonyl (C=O) groups is 1. The molecular formula is C41H36Cl2F3N5O2. The van der Waals surface area contributed by atoms with E-state index in [2.05, 4.69) is 22.0 Å². The van der Waals surface area contributed by atoms with Gasteiger partial charge in [0.25, 0.3) is 0 Å². The van der Waals surface area contributed by atoms with E-state index in [1.165, 1.54) is 18.2 Å². The number of nitrogens with one attached hydrogen (secondary N) is 1. The molecule has 12 heteroatoms. The summed E-state index contributed by atoms with van der Waals surface area (Å²) < 4.78 is 54.8. The highest BCUT2D eigenvalue weighted by Gasteiger charge is 2.51. The lowest BCUT2D eigenvalue weighted by atomic mass is 9.79. The highest BCUT2D eigenvalue weighted by Crippen LogP contribution is 2.51. The minimum atomic E-state index is -0.671. The molecule has 5 aromatic rings. The van der Waals surface area contributed by atoms with Crippen LogP contribution in [0.15, 0.2) is 48.5 Å². The zero-order valence-electron chi connectivity index (χ0n) is 28.9. The Labute approximate surface area is 314 Å². The van der Waals surface area contributed by atoms with Crippen LogP contribution in [0.5, 0.6) is 0 Å². The number of hydrogen-bond donors (Lipinski definition) is 1. The summed E-state index contributed by atoms with van der Waals surface area (Å²) in [5, 5.41) is 15.2. The maximum atomic E-state index is 17.2. The average molecular weight is 759 g/mol. The molecule has 5 unspecified atom stereocenters. The number of hydrogen-bond acceptors (Lipinski definition) is 5. The summed E-state index contributed by atoms with van der Waals surface area (Å²) in [6, 6.07) is 15.0. The van der Waals surface area contributed by atoms with Crippen molar-refractivity contribution in [3.05, 3.63) is 98.5 Å². The van der Waals surface area contributed by atoms with Gasteiger partial charge in [-0.1, -0.05) is 41.4 Å². The van der Waals surface area contributed by atoms with Crippen LogP contribution in [-0.2, 0) is 22.6 Å². The maximum Gasteiger partial charge on any atom is 0.226 e. The molecule has 2 aliphatic carbocycles. The highest BCUT2D eigenvalue weighted by molar-refractivity contribution is 6.43. The number of ether oxygens (including phenoxy) is 1. The van der Waals surface area contributed by atoms with Crippen LogP contribution in [0.3, 0.4) is 0 Å². The Kier molecular flexibility index (Phi) is 8.69. The summed E-state index contributed by atoms with van der Waals surface area (Å²) >= 11 is 13.1. The Balaban J connectivity index is 1.22. The summed E-state index contributed by atoms with van der Waals surface area (Å²) in [5.74, 6) is -1.54. The number of nitriles is 1. The topological polar surface area (TPSA) is 83.2 Å². The molecule has 5 heterocycles. The minimum absolute atomic E-state index is 0.0530. The molecule has 5 aliphatic rings. The van der Waals surface area contributed by atoms with Crippen molar-refractivity contribution in [2.75, 3.05) is 13.1 Å². The third-order valence-electron chi connectivity index (χ3n) is 11.8. The van der Waals surface area contributed by atoms with Crippen molar-refractivity contribution in [3.63, 3.8) is 0 Å². The van der Waals surface area contributed by atoms with Crippen molar-refractivity contribution in [2.24, 2.45) is 11.8 Å². The molecule has 53 heavy (non-hydrogen) atoms. The van der Waals surface area contributed by atoms with Crippen molar-refractivity contribution in [3.8, 4) is 17.2 Å². The van der Waals surface area contributed by atoms with Crippen LogP contribution >= 0.6 is 23.2 Å². The molecule has 2 saturated carbocycles. The first-order valence-corrected chi connectivity index (χ1v) is 19.0. The van der Waals surface area contributed by atoms with E-state index >= 15 is 4.39 Å². The number of amides is 1. The van der Waals surface area contributed by atoms with Crippen molar-refractivity contribution in [1.82, 2.24) is 19.8 Å². The average Bonchev–Trinajstić information content (AvgIpc) is 3.43. The Bertz CT molecular complexity index is 2340. The molecule has 1 N–H and O–H groups in total. The summed E-state index contributed by atoms with van der Waals surface area (Å²) in [6.45, 7) is 2.76. The fourth-order valence-corrected chi connectivity index (χ4v) is 9.37. The van der Waals surface area contributed by atoms with Crippen LogP contribution in [0.2, 0.25) is 10.0 Å². The number of halogens is 5. The standard InChI is InChI=1S/C41H36Cl2F3N5O2/c1-20-26-16-34(33-15-24(18-50(33)41(52)21-10-11-21)53-19-28-30(44)8-3-9-31(28)45)51(39-23-14-32(39)48-17-23)40(26)27-13-22(5-4-12-47)35(37(46)38(27)49-20)25-6-2-7-29(42)36(25)43/h2-3,6-9,13,16,21,23-24,32-33,39,48H,4-5,10-11,14-15,17-19H2,1H3. The molecule has 0 spiro atoms. The van der Waals surface area contributed by atoms with Gasteiger partial charge in [-0.15, -0.1) is 0 Å². The Hall–Kier alpha value is -4.14. The SMILES string of the molecule is Cc1nc2c(F)c(-c3cccc(Cl)c3Cl)c(CCC#N)cc2c2c1cc(C1CC(OCc3c(F)cccc3F)CN1C(=O)C1CC1)n2C1C2CNC1C2. The van der Waals surface area contributed by atoms with Gasteiger partial charge in [0.15, 0.2) is 5.82 Å². The molecule has 1 amide bonds. The number of benzene rings is 3. The van der Waals surface area contributed by atoms with Crippen molar-refractivity contribution in [2.45, 2.75) is 76.3 Å². The first-order valence-electron chi connectivity index (χ1n) is 18.2. The maximum absolute atomic E-state index is 17.2. The Morgan fingerprint density at radius 3 is 2.55 bits per heavy atom. The van der Waals surface area contributed by atoms with Gasteiger partial charge in [-0.2, -0.15) is 5.26 Å². The summed E-state index contributed by atoms with van der Waals surface area (Å²) in [5.41, 5.74) is 3.78. The second-order valence-corrected chi connectivity index (χ2v) is 15.7. The number of nitrogens with zero attached hydrogens (tertiary/aromatic N) is 4. The van der Waals surface area contributed by atoms with Gasteiger partial charge < -0.3 is 19.5 Å². The molecule has 5 atom stereocenters. The van der Waals surface area contributed by atoms with Crippen molar-refractivity contribution in [1.29, 1.82) is 5.26 Å². The Morgan fingerprint density at radius 2 is 1.85 bits per heavy atom. The number of rotatable bonds is 9. The van der Waals surface area contributed by atoms with Crippen molar-refractivity contribution >= 4 is 50.9 Å². The van der Waals surface area contributed by atoms with Gasteiger partial charge in [-0.3, -0.25) is 4.79 Å². The number of aromatic nitrogens is 2. The van der Waals surface area contributed by atoms with Gasteiger partial charge in [-0.05, 0) is 74.4 Å². The van der Waals surface area contributed by atoms with Crippen LogP contribution in [0.4, 0.5) is 13.2 Å². The highest BCUT2D eigenvalue weighted by atomic mass is 35.5. The lowest BCUT2D eigenvalue weighted by Gasteiger charge is -2.39.